The third kappa shape index (κ3) is 2.23. The third-order valence-electron chi connectivity index (χ3n) is 7.74. The van der Waals surface area contributed by atoms with Gasteiger partial charge in [-0.2, -0.15) is 0 Å². The average Bonchev–Trinajstić information content (AvgIpc) is 3.43. The van der Waals surface area contributed by atoms with Crippen molar-refractivity contribution in [1.29, 1.82) is 0 Å². The molecular weight excluding hydrogens is 416 g/mol. The summed E-state index contributed by atoms with van der Waals surface area (Å²) in [5, 5.41) is 6.26. The van der Waals surface area contributed by atoms with Gasteiger partial charge in [-0.1, -0.05) is 29.8 Å². The Labute approximate surface area is 197 Å². The topological polar surface area (TPSA) is 35.1 Å². The van der Waals surface area contributed by atoms with Gasteiger partial charge in [-0.05, 0) is 75.4 Å². The summed E-state index contributed by atoms with van der Waals surface area (Å²) in [6.45, 7) is 13.2. The quantitative estimate of drug-likeness (QED) is 0.248. The van der Waals surface area contributed by atoms with E-state index in [0.717, 1.165) is 11.2 Å². The molecule has 0 aliphatic heterocycles. The van der Waals surface area contributed by atoms with Crippen molar-refractivity contribution in [2.24, 2.45) is 0 Å². The zero-order chi connectivity index (χ0) is 23.5. The second kappa shape index (κ2) is 6.35. The molecule has 0 unspecified atom stereocenters. The second-order valence-corrected chi connectivity index (χ2v) is 9.95. The van der Waals surface area contributed by atoms with Crippen LogP contribution in [-0.4, -0.2) is 18.9 Å². The number of rotatable bonds is 1. The first-order valence-corrected chi connectivity index (χ1v) is 11.9. The summed E-state index contributed by atoms with van der Waals surface area (Å²) in [4.78, 5) is 9.83. The minimum atomic E-state index is 1.01. The van der Waals surface area contributed by atoms with Gasteiger partial charge < -0.3 is 0 Å². The lowest BCUT2D eigenvalue weighted by Crippen LogP contribution is -2.02. The predicted octanol–water partition coefficient (Wildman–Crippen LogP) is 7.42. The van der Waals surface area contributed by atoms with Crippen molar-refractivity contribution in [2.75, 3.05) is 0 Å². The molecule has 0 saturated carbocycles. The highest BCUT2D eigenvalue weighted by Crippen LogP contribution is 2.45. The maximum atomic E-state index is 5.07. The summed E-state index contributed by atoms with van der Waals surface area (Å²) in [5.41, 5.74) is 13.4. The van der Waals surface area contributed by atoms with Gasteiger partial charge in [0.2, 0.25) is 0 Å². The predicted molar refractivity (Wildman–Crippen MR) is 142 cm³/mol. The van der Waals surface area contributed by atoms with Gasteiger partial charge in [-0.3, -0.25) is 8.97 Å². The summed E-state index contributed by atoms with van der Waals surface area (Å²) < 4.78 is 4.60. The van der Waals surface area contributed by atoms with E-state index in [1.54, 1.807) is 0 Å². The number of imidazole rings is 2. The summed E-state index contributed by atoms with van der Waals surface area (Å²) in [5.74, 6) is 0. The van der Waals surface area contributed by atoms with Gasteiger partial charge >= 0.3 is 0 Å². The highest BCUT2D eigenvalue weighted by Gasteiger charge is 2.24. The van der Waals surface area contributed by atoms with Crippen LogP contribution in [0, 0.1) is 41.5 Å². The average molecular weight is 443 g/mol. The highest BCUT2D eigenvalue weighted by molar-refractivity contribution is 6.34. The summed E-state index contributed by atoms with van der Waals surface area (Å²) >= 11 is 0. The van der Waals surface area contributed by atoms with Crippen LogP contribution in [0.1, 0.15) is 33.4 Å². The van der Waals surface area contributed by atoms with Crippen molar-refractivity contribution in [3.63, 3.8) is 0 Å². The molecule has 166 valence electrons. The number of benzene rings is 4. The van der Waals surface area contributed by atoms with E-state index in [0.29, 0.717) is 0 Å². The molecule has 0 aliphatic carbocycles. The van der Waals surface area contributed by atoms with E-state index in [-0.39, 0.29) is 0 Å². The largest absolute Gasteiger partial charge is 0.299 e. The molecule has 0 aliphatic rings. The van der Waals surface area contributed by atoms with Crippen LogP contribution in [0.3, 0.4) is 0 Å². The van der Waals surface area contributed by atoms with Crippen molar-refractivity contribution in [3.8, 4) is 5.69 Å². The van der Waals surface area contributed by atoms with Crippen LogP contribution in [-0.2, 0) is 0 Å². The second-order valence-electron chi connectivity index (χ2n) is 9.95. The number of aromatic nitrogens is 4. The van der Waals surface area contributed by atoms with Gasteiger partial charge in [0.25, 0.3) is 0 Å². The maximum absolute atomic E-state index is 5.07. The van der Waals surface area contributed by atoms with E-state index >= 15 is 0 Å². The Morgan fingerprint density at radius 2 is 1.44 bits per heavy atom. The molecule has 0 amide bonds. The molecule has 0 bridgehead atoms. The summed E-state index contributed by atoms with van der Waals surface area (Å²) in [7, 11) is 0. The molecule has 0 N–H and O–H groups in total. The fraction of sp³-hybridized carbons (Fsp3) is 0.200. The van der Waals surface area contributed by atoms with Crippen LogP contribution >= 0.6 is 0 Å². The number of fused-ring (bicyclic) bond motifs is 6. The van der Waals surface area contributed by atoms with Gasteiger partial charge in [0.05, 0.1) is 22.2 Å². The SMILES string of the molecule is Cc1cc(C)c(-n2cnc3c4c(C)ccc5c4c4c(cc(C)c(C)c4n4ccnc54)c32)c(C)c1. The molecule has 0 radical (unpaired) electrons. The molecule has 3 heterocycles. The Morgan fingerprint density at radius 3 is 2.21 bits per heavy atom. The number of nitrogens with zero attached hydrogens (tertiary/aromatic N) is 4. The van der Waals surface area contributed by atoms with Crippen LogP contribution in [0.25, 0.3) is 54.8 Å². The number of aryl methyl sites for hydroxylation is 6. The Kier molecular flexibility index (Phi) is 3.65. The normalized spacial score (nSPS) is 12.4. The maximum Gasteiger partial charge on any atom is 0.145 e. The Balaban J connectivity index is 1.85. The zero-order valence-corrected chi connectivity index (χ0v) is 20.4. The molecule has 7 aromatic rings. The molecule has 0 atom stereocenters. The van der Waals surface area contributed by atoms with Gasteiger partial charge in [0.15, 0.2) is 0 Å². The van der Waals surface area contributed by atoms with Gasteiger partial charge in [-0.25, -0.2) is 9.97 Å². The van der Waals surface area contributed by atoms with Crippen LogP contribution in [0.4, 0.5) is 0 Å². The van der Waals surface area contributed by atoms with Gasteiger partial charge in [0, 0.05) is 39.3 Å². The monoisotopic (exact) mass is 442 g/mol. The smallest absolute Gasteiger partial charge is 0.145 e. The fourth-order valence-electron chi connectivity index (χ4n) is 6.29. The van der Waals surface area contributed by atoms with Crippen LogP contribution < -0.4 is 0 Å². The van der Waals surface area contributed by atoms with Crippen molar-refractivity contribution >= 4 is 49.1 Å². The van der Waals surface area contributed by atoms with E-state index in [2.05, 4.69) is 87.0 Å². The highest BCUT2D eigenvalue weighted by atomic mass is 15.1. The number of hydrogen-bond donors (Lipinski definition) is 0. The van der Waals surface area contributed by atoms with E-state index in [9.17, 15) is 0 Å². The van der Waals surface area contributed by atoms with Crippen molar-refractivity contribution in [3.05, 3.63) is 82.4 Å². The first kappa shape index (κ1) is 19.5. The number of hydrogen-bond acceptors (Lipinski definition) is 2. The molecule has 0 saturated heterocycles. The van der Waals surface area contributed by atoms with Crippen molar-refractivity contribution in [2.45, 2.75) is 41.5 Å². The van der Waals surface area contributed by atoms with E-state index in [4.69, 9.17) is 9.97 Å². The van der Waals surface area contributed by atoms with E-state index in [1.165, 1.54) is 77.0 Å². The Bertz CT molecular complexity index is 1940. The van der Waals surface area contributed by atoms with E-state index < -0.39 is 0 Å². The van der Waals surface area contributed by atoms with Crippen molar-refractivity contribution < 1.29 is 0 Å². The summed E-state index contributed by atoms with van der Waals surface area (Å²) in [6.07, 6.45) is 6.03. The Morgan fingerprint density at radius 1 is 0.676 bits per heavy atom. The van der Waals surface area contributed by atoms with Crippen LogP contribution in [0.5, 0.6) is 0 Å². The zero-order valence-electron chi connectivity index (χ0n) is 20.4. The molecule has 4 nitrogen and oxygen atoms in total. The standard InChI is InChI=1S/C30H26N4/c1-15-11-18(4)27(19(5)12-15)34-14-32-26-23-16(2)7-8-21-24(23)25-22(29(26)34)13-17(3)20(6)28(25)33-10-9-31-30(21)33/h7-14H,1-6H3. The molecule has 3 aromatic heterocycles. The lowest BCUT2D eigenvalue weighted by molar-refractivity contribution is 1.05. The molecule has 0 fully saturated rings. The van der Waals surface area contributed by atoms with Gasteiger partial charge in [-0.15, -0.1) is 0 Å². The molecule has 7 rings (SSSR count). The minimum absolute atomic E-state index is 1.01. The van der Waals surface area contributed by atoms with E-state index in [1.807, 2.05) is 12.5 Å². The number of pyridine rings is 1. The lowest BCUT2D eigenvalue weighted by atomic mass is 9.90. The fourth-order valence-corrected chi connectivity index (χ4v) is 6.29. The van der Waals surface area contributed by atoms with Crippen LogP contribution in [0.15, 0.2) is 49.1 Å². The van der Waals surface area contributed by atoms with Crippen LogP contribution in [0.2, 0.25) is 0 Å². The van der Waals surface area contributed by atoms with Gasteiger partial charge in [0.1, 0.15) is 12.0 Å². The molecule has 4 heteroatoms. The minimum Gasteiger partial charge on any atom is -0.299 e. The molecule has 34 heavy (non-hydrogen) atoms. The Hall–Kier alpha value is -3.92. The third-order valence-corrected chi connectivity index (χ3v) is 7.74. The molecule has 0 spiro atoms. The first-order chi connectivity index (χ1) is 16.4. The molecular formula is C30H26N4. The first-order valence-electron chi connectivity index (χ1n) is 11.9. The molecule has 4 aromatic carbocycles. The van der Waals surface area contributed by atoms with Crippen molar-refractivity contribution in [1.82, 2.24) is 18.9 Å². The summed E-state index contributed by atoms with van der Waals surface area (Å²) in [6, 6.07) is 11.3. The lowest BCUT2D eigenvalue weighted by Gasteiger charge is -2.20.